The molecule has 1 fully saturated rings. The normalized spacial score (nSPS) is 16.9. The van der Waals surface area contributed by atoms with Gasteiger partial charge in [0.05, 0.1) is 18.3 Å². The Morgan fingerprint density at radius 3 is 2.39 bits per heavy atom. The predicted octanol–water partition coefficient (Wildman–Crippen LogP) is 3.81. The second-order valence-electron chi connectivity index (χ2n) is 8.69. The van der Waals surface area contributed by atoms with E-state index in [2.05, 4.69) is 10.3 Å². The van der Waals surface area contributed by atoms with Gasteiger partial charge in [-0.1, -0.05) is 36.4 Å². The highest BCUT2D eigenvalue weighted by Gasteiger charge is 2.52. The number of carbonyl (C=O) groups is 2. The van der Waals surface area contributed by atoms with Gasteiger partial charge < -0.3 is 24.1 Å². The van der Waals surface area contributed by atoms with Crippen LogP contribution in [0.3, 0.4) is 0 Å². The largest absolute Gasteiger partial charge is 0.492 e. The van der Waals surface area contributed by atoms with Crippen molar-refractivity contribution in [3.63, 3.8) is 0 Å². The quantitative estimate of drug-likeness (QED) is 0.504. The summed E-state index contributed by atoms with van der Waals surface area (Å²) in [6.45, 7) is 8.10. The van der Waals surface area contributed by atoms with Crippen molar-refractivity contribution < 1.29 is 28.4 Å². The average Bonchev–Trinajstić information content (AvgIpc) is 3.02. The van der Waals surface area contributed by atoms with E-state index in [1.807, 2.05) is 58.0 Å². The number of hydrogen-bond acceptors (Lipinski definition) is 7. The second-order valence-corrected chi connectivity index (χ2v) is 8.69. The average molecular weight is 452 g/mol. The Morgan fingerprint density at radius 2 is 1.76 bits per heavy atom. The van der Waals surface area contributed by atoms with Gasteiger partial charge in [0.2, 0.25) is 0 Å². The highest BCUT2D eigenvalue weighted by Crippen LogP contribution is 2.38. The molecule has 2 aromatic rings. The van der Waals surface area contributed by atoms with Gasteiger partial charge in [-0.2, -0.15) is 0 Å². The van der Waals surface area contributed by atoms with Crippen molar-refractivity contribution in [2.75, 3.05) is 13.7 Å². The van der Waals surface area contributed by atoms with E-state index in [4.69, 9.17) is 18.8 Å². The summed E-state index contributed by atoms with van der Waals surface area (Å²) in [4.78, 5) is 28.2. The second kappa shape index (κ2) is 10.2. The number of nitrogens with zero attached hydrogens (tertiary/aromatic N) is 1. The highest BCUT2D eigenvalue weighted by molar-refractivity contribution is 6.56. The van der Waals surface area contributed by atoms with E-state index >= 15 is 0 Å². The van der Waals surface area contributed by atoms with E-state index < -0.39 is 30.4 Å². The van der Waals surface area contributed by atoms with Crippen molar-refractivity contribution in [2.24, 2.45) is 0 Å². The van der Waals surface area contributed by atoms with E-state index in [0.29, 0.717) is 11.0 Å². The lowest BCUT2D eigenvalue weighted by molar-refractivity contribution is 0.00578. The van der Waals surface area contributed by atoms with Crippen LogP contribution in [-0.2, 0) is 25.4 Å². The maximum Gasteiger partial charge on any atom is 0.492 e. The Hall–Kier alpha value is -3.17. The number of pyridine rings is 1. The molecule has 174 valence electrons. The molecule has 0 spiro atoms. The molecule has 0 saturated carbocycles. The third-order valence-electron chi connectivity index (χ3n) is 5.74. The van der Waals surface area contributed by atoms with Gasteiger partial charge >= 0.3 is 19.2 Å². The fourth-order valence-electron chi connectivity index (χ4n) is 3.11. The number of rotatable bonds is 7. The third kappa shape index (κ3) is 6.21. The number of nitrogens with one attached hydrogen (secondary N) is 1. The minimum Gasteiger partial charge on any atom is -0.464 e. The van der Waals surface area contributed by atoms with Crippen LogP contribution < -0.4 is 5.32 Å². The summed E-state index contributed by atoms with van der Waals surface area (Å²) in [5.41, 5.74) is 1.30. The van der Waals surface area contributed by atoms with Crippen molar-refractivity contribution >= 4 is 25.3 Å². The van der Waals surface area contributed by atoms with Crippen LogP contribution in [-0.4, -0.2) is 49.0 Å². The number of hydrogen-bond donors (Lipinski definition) is 1. The molecule has 1 aromatic heterocycles. The van der Waals surface area contributed by atoms with Crippen LogP contribution >= 0.6 is 0 Å². The highest BCUT2D eigenvalue weighted by atomic mass is 16.7. The molecule has 0 aliphatic carbocycles. The van der Waals surface area contributed by atoms with Crippen LogP contribution in [0.2, 0.25) is 0 Å². The van der Waals surface area contributed by atoms with Crippen molar-refractivity contribution in [3.8, 4) is 0 Å². The summed E-state index contributed by atoms with van der Waals surface area (Å²) in [6.07, 6.45) is 2.75. The van der Waals surface area contributed by atoms with Crippen molar-refractivity contribution in [1.82, 2.24) is 10.3 Å². The molecule has 0 bridgehead atoms. The lowest BCUT2D eigenvalue weighted by Gasteiger charge is -2.32. The molecule has 1 aliphatic rings. The molecule has 33 heavy (non-hydrogen) atoms. The number of amides is 1. The Kier molecular flexibility index (Phi) is 7.55. The van der Waals surface area contributed by atoms with Gasteiger partial charge in [-0.25, -0.2) is 14.6 Å². The third-order valence-corrected chi connectivity index (χ3v) is 5.74. The first-order valence-corrected chi connectivity index (χ1v) is 10.7. The van der Waals surface area contributed by atoms with Gasteiger partial charge in [-0.15, -0.1) is 0 Å². The summed E-state index contributed by atoms with van der Waals surface area (Å²) in [5, 5.41) is 2.76. The number of carbonyl (C=O) groups excluding carboxylic acids is 2. The molecule has 8 nitrogen and oxygen atoms in total. The fraction of sp³-hybridized carbons (Fsp3) is 0.375. The molecule has 1 aromatic carbocycles. The molecule has 3 rings (SSSR count). The van der Waals surface area contributed by atoms with Gasteiger partial charge in [0.1, 0.15) is 12.3 Å². The van der Waals surface area contributed by atoms with Crippen LogP contribution in [0.4, 0.5) is 4.79 Å². The van der Waals surface area contributed by atoms with Gasteiger partial charge in [0, 0.05) is 12.7 Å². The molecule has 2 heterocycles. The minimum atomic E-state index is -0.695. The molecular weight excluding hydrogens is 423 g/mol. The summed E-state index contributed by atoms with van der Waals surface area (Å²) in [7, 11) is 0.604. The minimum absolute atomic E-state index is 0.125. The van der Waals surface area contributed by atoms with Crippen LogP contribution in [0.15, 0.2) is 54.1 Å². The number of alkyl carbamates (subject to hydrolysis) is 1. The van der Waals surface area contributed by atoms with Crippen LogP contribution in [0.1, 0.15) is 49.3 Å². The predicted molar refractivity (Wildman–Crippen MR) is 124 cm³/mol. The topological polar surface area (TPSA) is 96.0 Å². The Bertz CT molecular complexity index is 1010. The Labute approximate surface area is 194 Å². The van der Waals surface area contributed by atoms with E-state index in [1.54, 1.807) is 18.2 Å². The summed E-state index contributed by atoms with van der Waals surface area (Å²) in [6, 6.07) is 12.8. The zero-order chi connectivity index (χ0) is 24.1. The van der Waals surface area contributed by atoms with E-state index in [1.165, 1.54) is 13.3 Å². The number of esters is 1. The first-order valence-electron chi connectivity index (χ1n) is 10.7. The number of aromatic nitrogens is 1. The molecule has 1 amide bonds. The molecule has 0 atom stereocenters. The van der Waals surface area contributed by atoms with Gasteiger partial charge in [-0.3, -0.25) is 0 Å². The molecule has 9 heteroatoms. The van der Waals surface area contributed by atoms with Crippen LogP contribution in [0.5, 0.6) is 0 Å². The van der Waals surface area contributed by atoms with Crippen molar-refractivity contribution in [1.29, 1.82) is 0 Å². The van der Waals surface area contributed by atoms with E-state index in [-0.39, 0.29) is 18.8 Å². The smallest absolute Gasteiger partial charge is 0.464 e. The molecule has 1 aliphatic heterocycles. The van der Waals surface area contributed by atoms with Gasteiger partial charge in [0.15, 0.2) is 0 Å². The first-order chi connectivity index (χ1) is 15.6. The van der Waals surface area contributed by atoms with Gasteiger partial charge in [0.25, 0.3) is 0 Å². The van der Waals surface area contributed by atoms with Gasteiger partial charge in [-0.05, 0) is 56.4 Å². The molecule has 0 radical (unpaired) electrons. The zero-order valence-electron chi connectivity index (χ0n) is 19.6. The monoisotopic (exact) mass is 452 g/mol. The summed E-state index contributed by atoms with van der Waals surface area (Å²) < 4.78 is 22.4. The van der Waals surface area contributed by atoms with Crippen molar-refractivity contribution in [3.05, 3.63) is 71.0 Å². The SMILES string of the molecule is COC(=O)c1cc(C=C(CNC(=O)OCc2ccccc2)B2OC(C)(C)C(C)(C)O2)ccn1. The lowest BCUT2D eigenvalue weighted by atomic mass is 9.77. The fourth-order valence-corrected chi connectivity index (χ4v) is 3.11. The number of benzene rings is 1. The molecule has 0 unspecified atom stereocenters. The number of ether oxygens (including phenoxy) is 2. The van der Waals surface area contributed by atoms with E-state index in [9.17, 15) is 9.59 Å². The first kappa shape index (κ1) is 24.5. The molecule has 1 N–H and O–H groups in total. The van der Waals surface area contributed by atoms with Crippen LogP contribution in [0.25, 0.3) is 6.08 Å². The molecular formula is C24H29BN2O6. The Morgan fingerprint density at radius 1 is 1.09 bits per heavy atom. The lowest BCUT2D eigenvalue weighted by Crippen LogP contribution is -2.41. The summed E-state index contributed by atoms with van der Waals surface area (Å²) in [5.74, 6) is -0.537. The zero-order valence-corrected chi connectivity index (χ0v) is 19.6. The molecule has 1 saturated heterocycles. The maximum atomic E-state index is 12.3. The number of methoxy groups -OCH3 is 1. The maximum absolute atomic E-state index is 12.3. The van der Waals surface area contributed by atoms with E-state index in [0.717, 1.165) is 5.56 Å². The summed E-state index contributed by atoms with van der Waals surface area (Å²) >= 11 is 0. The van der Waals surface area contributed by atoms with Crippen LogP contribution in [0, 0.1) is 0 Å². The van der Waals surface area contributed by atoms with Crippen molar-refractivity contribution in [2.45, 2.75) is 45.5 Å². The Balaban J connectivity index is 1.77. The standard InChI is InChI=1S/C24H29BN2O6/c1-23(2)24(3,4)33-25(32-23)19(13-18-11-12-26-20(14-18)21(28)30-5)15-27-22(29)31-16-17-9-7-6-8-10-17/h6-14H,15-16H2,1-5H3,(H,27,29).